The first-order valence-electron chi connectivity index (χ1n) is 5.88. The number of nitrogens with one attached hydrogen (secondary N) is 1. The minimum absolute atomic E-state index is 0.125. The molecule has 0 spiro atoms. The Labute approximate surface area is 108 Å². The fourth-order valence-corrected chi connectivity index (χ4v) is 2.65. The van der Waals surface area contributed by atoms with Crippen molar-refractivity contribution >= 4 is 0 Å². The van der Waals surface area contributed by atoms with Crippen LogP contribution >= 0.6 is 0 Å². The lowest BCUT2D eigenvalue weighted by Gasteiger charge is -2.20. The minimum Gasteiger partial charge on any atom is -0.363 e. The molecule has 1 N–H and O–H groups in total. The highest BCUT2D eigenvalue weighted by Gasteiger charge is 2.82. The van der Waals surface area contributed by atoms with Gasteiger partial charge in [0, 0.05) is 6.20 Å². The topological polar surface area (TPSA) is 28.3 Å². The van der Waals surface area contributed by atoms with Gasteiger partial charge in [-0.05, 0) is 24.6 Å². The monoisotopic (exact) mass is 267 g/mol. The number of aromatic nitrogens is 1. The Morgan fingerprint density at radius 1 is 1.05 bits per heavy atom. The fourth-order valence-electron chi connectivity index (χ4n) is 2.65. The van der Waals surface area contributed by atoms with Crippen molar-refractivity contribution in [2.75, 3.05) is 0 Å². The van der Waals surface area contributed by atoms with Crippen LogP contribution in [0.25, 0.3) is 0 Å². The normalized spacial score (nSPS) is 30.3. The number of alkyl halides is 3. The highest BCUT2D eigenvalue weighted by atomic mass is 19.4. The van der Waals surface area contributed by atoms with Crippen LogP contribution < -0.4 is 0 Å². The number of aromatic amines is 1. The second kappa shape index (κ2) is 3.63. The number of halogens is 3. The van der Waals surface area contributed by atoms with E-state index < -0.39 is 17.4 Å². The molecule has 2 aromatic rings. The lowest BCUT2D eigenvalue weighted by molar-refractivity contribution is -0.188. The largest absolute Gasteiger partial charge is 0.425 e. The van der Waals surface area contributed by atoms with Crippen LogP contribution in [0.2, 0.25) is 0 Å². The van der Waals surface area contributed by atoms with Gasteiger partial charge in [0.2, 0.25) is 5.60 Å². The van der Waals surface area contributed by atoms with Crippen LogP contribution in [-0.2, 0) is 15.9 Å². The molecule has 1 fully saturated rings. The molecule has 0 aliphatic carbocycles. The van der Waals surface area contributed by atoms with Crippen molar-refractivity contribution < 1.29 is 17.9 Å². The predicted molar refractivity (Wildman–Crippen MR) is 63.4 cm³/mol. The maximum absolute atomic E-state index is 13.5. The Morgan fingerprint density at radius 3 is 2.26 bits per heavy atom. The van der Waals surface area contributed by atoms with Gasteiger partial charge in [0.1, 0.15) is 5.60 Å². The molecule has 2 nitrogen and oxygen atoms in total. The molecule has 2 heterocycles. The van der Waals surface area contributed by atoms with E-state index in [-0.39, 0.29) is 5.56 Å². The fraction of sp³-hybridized carbons (Fsp3) is 0.286. The van der Waals surface area contributed by atoms with E-state index in [0.29, 0.717) is 5.69 Å². The van der Waals surface area contributed by atoms with Gasteiger partial charge in [-0.1, -0.05) is 30.3 Å². The summed E-state index contributed by atoms with van der Waals surface area (Å²) < 4.78 is 45.8. The Hall–Kier alpha value is -1.75. The summed E-state index contributed by atoms with van der Waals surface area (Å²) in [4.78, 5) is 2.81. The smallest absolute Gasteiger partial charge is 0.363 e. The van der Waals surface area contributed by atoms with E-state index >= 15 is 0 Å². The summed E-state index contributed by atoms with van der Waals surface area (Å²) in [6.45, 7) is 1.46. The van der Waals surface area contributed by atoms with Crippen molar-refractivity contribution in [2.45, 2.75) is 24.3 Å². The molecule has 0 bridgehead atoms. The summed E-state index contributed by atoms with van der Waals surface area (Å²) in [7, 11) is 0. The first-order chi connectivity index (χ1) is 8.92. The van der Waals surface area contributed by atoms with E-state index in [9.17, 15) is 13.2 Å². The maximum atomic E-state index is 13.5. The van der Waals surface area contributed by atoms with Crippen molar-refractivity contribution in [3.8, 4) is 0 Å². The van der Waals surface area contributed by atoms with Crippen molar-refractivity contribution in [3.63, 3.8) is 0 Å². The highest BCUT2D eigenvalue weighted by molar-refractivity contribution is 5.40. The van der Waals surface area contributed by atoms with Crippen molar-refractivity contribution in [3.05, 3.63) is 59.9 Å². The van der Waals surface area contributed by atoms with Gasteiger partial charge in [-0.15, -0.1) is 0 Å². The Morgan fingerprint density at radius 2 is 1.74 bits per heavy atom. The Kier molecular flexibility index (Phi) is 2.35. The van der Waals surface area contributed by atoms with Crippen LogP contribution in [0.5, 0.6) is 0 Å². The number of benzene rings is 1. The van der Waals surface area contributed by atoms with Crippen LogP contribution in [0.4, 0.5) is 13.2 Å². The highest BCUT2D eigenvalue weighted by Crippen LogP contribution is 2.68. The van der Waals surface area contributed by atoms with Crippen LogP contribution in [-0.4, -0.2) is 11.2 Å². The standard InChI is InChI=1S/C14H12F3NO/c1-12(11-8-5-9-18-11)13(19-12,14(15,16)17)10-6-3-2-4-7-10/h2-9,18H,1H3. The summed E-state index contributed by atoms with van der Waals surface area (Å²) in [6.07, 6.45) is -2.89. The van der Waals surface area contributed by atoms with E-state index in [0.717, 1.165) is 0 Å². The summed E-state index contributed by atoms with van der Waals surface area (Å²) in [6, 6.07) is 11.0. The van der Waals surface area contributed by atoms with Gasteiger partial charge in [-0.3, -0.25) is 0 Å². The van der Waals surface area contributed by atoms with E-state index in [1.165, 1.54) is 19.1 Å². The lowest BCUT2D eigenvalue weighted by Crippen LogP contribution is -2.36. The summed E-state index contributed by atoms with van der Waals surface area (Å²) in [5.41, 5.74) is -3.13. The van der Waals surface area contributed by atoms with Crippen LogP contribution in [0.15, 0.2) is 48.7 Å². The second-order valence-electron chi connectivity index (χ2n) is 4.76. The van der Waals surface area contributed by atoms with Gasteiger partial charge in [-0.25, -0.2) is 0 Å². The van der Waals surface area contributed by atoms with Crippen molar-refractivity contribution in [1.29, 1.82) is 0 Å². The molecular formula is C14H12F3NO. The molecule has 0 amide bonds. The van der Waals surface area contributed by atoms with E-state index in [1.807, 2.05) is 0 Å². The third-order valence-electron chi connectivity index (χ3n) is 3.68. The Bertz CT molecular complexity index is 578. The summed E-state index contributed by atoms with van der Waals surface area (Å²) in [5, 5.41) is 0. The van der Waals surface area contributed by atoms with Crippen LogP contribution in [0.3, 0.4) is 0 Å². The molecule has 100 valence electrons. The molecule has 1 aromatic heterocycles. The molecule has 2 unspecified atom stereocenters. The molecule has 0 radical (unpaired) electrons. The van der Waals surface area contributed by atoms with E-state index in [2.05, 4.69) is 4.98 Å². The van der Waals surface area contributed by atoms with E-state index in [4.69, 9.17) is 4.74 Å². The SMILES string of the molecule is CC1(c2ccc[nH]2)OC1(c1ccccc1)C(F)(F)F. The molecule has 19 heavy (non-hydrogen) atoms. The number of hydrogen-bond donors (Lipinski definition) is 1. The zero-order chi connectivity index (χ0) is 13.7. The van der Waals surface area contributed by atoms with E-state index in [1.54, 1.807) is 36.5 Å². The molecule has 0 saturated carbocycles. The summed E-state index contributed by atoms with van der Waals surface area (Å²) >= 11 is 0. The van der Waals surface area contributed by atoms with Crippen molar-refractivity contribution in [2.24, 2.45) is 0 Å². The molecule has 3 rings (SSSR count). The molecular weight excluding hydrogens is 255 g/mol. The van der Waals surface area contributed by atoms with Gasteiger partial charge in [0.05, 0.1) is 5.69 Å². The number of H-pyrrole nitrogens is 1. The molecule has 1 aliphatic rings. The quantitative estimate of drug-likeness (QED) is 0.825. The number of hydrogen-bond acceptors (Lipinski definition) is 1. The summed E-state index contributed by atoms with van der Waals surface area (Å²) in [5.74, 6) is 0. The average Bonchev–Trinajstić information content (AvgIpc) is 2.77. The van der Waals surface area contributed by atoms with Crippen LogP contribution in [0.1, 0.15) is 18.2 Å². The first kappa shape index (κ1) is 12.3. The molecule has 1 saturated heterocycles. The van der Waals surface area contributed by atoms with Gasteiger partial charge in [-0.2, -0.15) is 13.2 Å². The third-order valence-corrected chi connectivity index (χ3v) is 3.68. The van der Waals surface area contributed by atoms with Gasteiger partial charge in [0.15, 0.2) is 0 Å². The molecule has 1 aromatic carbocycles. The number of ether oxygens (including phenoxy) is 1. The zero-order valence-electron chi connectivity index (χ0n) is 10.2. The second-order valence-corrected chi connectivity index (χ2v) is 4.76. The van der Waals surface area contributed by atoms with Gasteiger partial charge in [0.25, 0.3) is 0 Å². The zero-order valence-corrected chi connectivity index (χ0v) is 10.2. The Balaban J connectivity index is 2.14. The lowest BCUT2D eigenvalue weighted by atomic mass is 9.84. The predicted octanol–water partition coefficient (Wildman–Crippen LogP) is 3.72. The van der Waals surface area contributed by atoms with Crippen LogP contribution in [0, 0.1) is 0 Å². The molecule has 5 heteroatoms. The molecule has 2 atom stereocenters. The van der Waals surface area contributed by atoms with Crippen molar-refractivity contribution in [1.82, 2.24) is 4.98 Å². The molecule has 1 aliphatic heterocycles. The number of epoxide rings is 1. The maximum Gasteiger partial charge on any atom is 0.425 e. The third kappa shape index (κ3) is 1.48. The first-order valence-corrected chi connectivity index (χ1v) is 5.88. The number of rotatable bonds is 2. The average molecular weight is 267 g/mol. The van der Waals surface area contributed by atoms with Gasteiger partial charge >= 0.3 is 6.18 Å². The van der Waals surface area contributed by atoms with Gasteiger partial charge < -0.3 is 9.72 Å². The minimum atomic E-state index is -4.48.